The van der Waals surface area contributed by atoms with Crippen LogP contribution in [0.1, 0.15) is 34.9 Å². The van der Waals surface area contributed by atoms with Crippen LogP contribution in [0.2, 0.25) is 0 Å². The predicted octanol–water partition coefficient (Wildman–Crippen LogP) is 4.53. The Labute approximate surface area is 170 Å². The number of rotatable bonds is 6. The fraction of sp³-hybridized carbons (Fsp3) is 0.435. The third-order valence-electron chi connectivity index (χ3n) is 5.49. The summed E-state index contributed by atoms with van der Waals surface area (Å²) in [6, 6.07) is 14.5. The van der Waals surface area contributed by atoms with Crippen molar-refractivity contribution in [1.82, 2.24) is 9.88 Å². The van der Waals surface area contributed by atoms with Crippen molar-refractivity contribution in [2.75, 3.05) is 26.2 Å². The zero-order valence-corrected chi connectivity index (χ0v) is 17.4. The van der Waals surface area contributed by atoms with E-state index in [1.165, 1.54) is 15.3 Å². The fourth-order valence-corrected chi connectivity index (χ4v) is 4.96. The van der Waals surface area contributed by atoms with Gasteiger partial charge in [-0.25, -0.2) is 4.98 Å². The summed E-state index contributed by atoms with van der Waals surface area (Å²) in [6.45, 7) is 7.09. The quantitative estimate of drug-likeness (QED) is 0.665. The van der Waals surface area contributed by atoms with Gasteiger partial charge in [-0.1, -0.05) is 24.3 Å². The first-order chi connectivity index (χ1) is 13.6. The molecule has 1 aliphatic rings. The third kappa shape index (κ3) is 4.54. The molecular weight excluding hydrogens is 368 g/mol. The highest BCUT2D eigenvalue weighted by molar-refractivity contribution is 7.18. The number of aromatic nitrogens is 1. The number of ether oxygens (including phenoxy) is 1. The maximum absolute atomic E-state index is 10.4. The van der Waals surface area contributed by atoms with Crippen LogP contribution in [0, 0.1) is 13.8 Å². The number of hydrogen-bond acceptors (Lipinski definition) is 5. The van der Waals surface area contributed by atoms with Crippen molar-refractivity contribution in [3.63, 3.8) is 0 Å². The van der Waals surface area contributed by atoms with Gasteiger partial charge in [-0.15, -0.1) is 11.3 Å². The van der Waals surface area contributed by atoms with E-state index in [1.807, 2.05) is 24.3 Å². The van der Waals surface area contributed by atoms with Gasteiger partial charge in [-0.05, 0) is 69.1 Å². The average Bonchev–Trinajstić information content (AvgIpc) is 3.13. The third-order valence-corrected chi connectivity index (χ3v) is 6.69. The van der Waals surface area contributed by atoms with E-state index in [4.69, 9.17) is 9.72 Å². The normalized spacial score (nSPS) is 17.1. The summed E-state index contributed by atoms with van der Waals surface area (Å²) in [6.07, 6.45) is 1.73. The number of piperidine rings is 1. The van der Waals surface area contributed by atoms with E-state index in [9.17, 15) is 5.11 Å². The number of aliphatic hydroxyl groups is 1. The van der Waals surface area contributed by atoms with Gasteiger partial charge < -0.3 is 14.7 Å². The zero-order valence-electron chi connectivity index (χ0n) is 16.6. The molecule has 1 atom stereocenters. The molecule has 2 heterocycles. The highest BCUT2D eigenvalue weighted by Crippen LogP contribution is 2.33. The molecule has 2 aromatic carbocycles. The Morgan fingerprint density at radius 3 is 2.75 bits per heavy atom. The Morgan fingerprint density at radius 2 is 1.96 bits per heavy atom. The number of nitrogens with zero attached hydrogens (tertiary/aromatic N) is 2. The highest BCUT2D eigenvalue weighted by Gasteiger charge is 2.24. The lowest BCUT2D eigenvalue weighted by Crippen LogP contribution is -2.40. The van der Waals surface area contributed by atoms with Gasteiger partial charge in [0.1, 0.15) is 18.5 Å². The van der Waals surface area contributed by atoms with Crippen LogP contribution in [0.3, 0.4) is 0 Å². The molecule has 4 rings (SSSR count). The Morgan fingerprint density at radius 1 is 1.18 bits per heavy atom. The standard InChI is InChI=1S/C23H28N2O2S/c1-16-7-8-17(2)21(13-16)27-15-19(26)14-25-11-9-18(10-12-25)23-24-20-5-3-4-6-22(20)28-23/h3-8,13,18-19,26H,9-12,14-15H2,1-2H3/t19-/m0/s1. The summed E-state index contributed by atoms with van der Waals surface area (Å²) >= 11 is 1.83. The van der Waals surface area contributed by atoms with Crippen LogP contribution < -0.4 is 4.74 Å². The van der Waals surface area contributed by atoms with Gasteiger partial charge in [-0.2, -0.15) is 0 Å². The molecule has 1 N–H and O–H groups in total. The van der Waals surface area contributed by atoms with Crippen molar-refractivity contribution in [3.05, 3.63) is 58.6 Å². The van der Waals surface area contributed by atoms with E-state index in [-0.39, 0.29) is 0 Å². The van der Waals surface area contributed by atoms with Gasteiger partial charge in [0, 0.05) is 12.5 Å². The number of likely N-dealkylation sites (tertiary alicyclic amines) is 1. The van der Waals surface area contributed by atoms with Crippen LogP contribution in [0.15, 0.2) is 42.5 Å². The molecule has 0 unspecified atom stereocenters. The molecule has 0 aliphatic carbocycles. The summed E-state index contributed by atoms with van der Waals surface area (Å²) in [4.78, 5) is 7.18. The minimum absolute atomic E-state index is 0.335. The highest BCUT2D eigenvalue weighted by atomic mass is 32.1. The SMILES string of the molecule is Cc1ccc(C)c(OC[C@@H](O)CN2CCC(c3nc4ccccc4s3)CC2)c1. The molecule has 4 nitrogen and oxygen atoms in total. The molecule has 1 aliphatic heterocycles. The first-order valence-corrected chi connectivity index (χ1v) is 10.9. The Balaban J connectivity index is 1.26. The van der Waals surface area contributed by atoms with Crippen LogP contribution in [0.5, 0.6) is 5.75 Å². The van der Waals surface area contributed by atoms with Gasteiger partial charge in [-0.3, -0.25) is 0 Å². The second-order valence-corrected chi connectivity index (χ2v) is 8.89. The van der Waals surface area contributed by atoms with Crippen molar-refractivity contribution in [1.29, 1.82) is 0 Å². The van der Waals surface area contributed by atoms with Crippen molar-refractivity contribution in [2.24, 2.45) is 0 Å². The molecule has 0 bridgehead atoms. The molecule has 1 fully saturated rings. The van der Waals surface area contributed by atoms with Crippen molar-refractivity contribution < 1.29 is 9.84 Å². The summed E-state index contributed by atoms with van der Waals surface area (Å²) in [5.41, 5.74) is 3.39. The number of benzene rings is 2. The fourth-order valence-electron chi connectivity index (χ4n) is 3.83. The largest absolute Gasteiger partial charge is 0.491 e. The first kappa shape index (κ1) is 19.4. The average molecular weight is 397 g/mol. The number of aliphatic hydroxyl groups excluding tert-OH is 1. The molecule has 148 valence electrons. The number of aryl methyl sites for hydroxylation is 2. The van der Waals surface area contributed by atoms with Crippen LogP contribution in [-0.2, 0) is 0 Å². The maximum atomic E-state index is 10.4. The molecule has 28 heavy (non-hydrogen) atoms. The van der Waals surface area contributed by atoms with Gasteiger partial charge in [0.2, 0.25) is 0 Å². The minimum Gasteiger partial charge on any atom is -0.491 e. The molecule has 1 saturated heterocycles. The smallest absolute Gasteiger partial charge is 0.122 e. The number of para-hydroxylation sites is 1. The van der Waals surface area contributed by atoms with Crippen molar-refractivity contribution in [3.8, 4) is 5.75 Å². The first-order valence-electron chi connectivity index (χ1n) is 10.0. The van der Waals surface area contributed by atoms with Crippen LogP contribution in [0.4, 0.5) is 0 Å². The molecule has 0 saturated carbocycles. The molecule has 0 amide bonds. The number of fused-ring (bicyclic) bond motifs is 1. The van der Waals surface area contributed by atoms with Crippen LogP contribution in [-0.4, -0.2) is 47.3 Å². The van der Waals surface area contributed by atoms with E-state index < -0.39 is 6.10 Å². The summed E-state index contributed by atoms with van der Waals surface area (Å²) in [5, 5.41) is 11.7. The lowest BCUT2D eigenvalue weighted by atomic mass is 9.97. The van der Waals surface area contributed by atoms with Gasteiger partial charge in [0.15, 0.2) is 0 Å². The molecule has 1 aromatic heterocycles. The second-order valence-electron chi connectivity index (χ2n) is 7.83. The van der Waals surface area contributed by atoms with Gasteiger partial charge in [0.05, 0.1) is 15.2 Å². The number of hydrogen-bond donors (Lipinski definition) is 1. The van der Waals surface area contributed by atoms with E-state index in [0.717, 1.165) is 42.8 Å². The van der Waals surface area contributed by atoms with E-state index >= 15 is 0 Å². The lowest BCUT2D eigenvalue weighted by Gasteiger charge is -2.32. The molecule has 0 spiro atoms. The molecular formula is C23H28N2O2S. The summed E-state index contributed by atoms with van der Waals surface area (Å²) < 4.78 is 7.14. The molecule has 5 heteroatoms. The van der Waals surface area contributed by atoms with Gasteiger partial charge in [0.25, 0.3) is 0 Å². The monoisotopic (exact) mass is 396 g/mol. The maximum Gasteiger partial charge on any atom is 0.122 e. The van der Waals surface area contributed by atoms with E-state index in [0.29, 0.717) is 19.1 Å². The minimum atomic E-state index is -0.473. The summed E-state index contributed by atoms with van der Waals surface area (Å²) in [5.74, 6) is 1.41. The van der Waals surface area contributed by atoms with E-state index in [2.05, 4.69) is 48.2 Å². The molecule has 0 radical (unpaired) electrons. The Bertz CT molecular complexity index is 898. The number of β-amino-alcohol motifs (C(OH)–C–C–N with tert-alkyl or cyclic N) is 1. The van der Waals surface area contributed by atoms with Crippen LogP contribution >= 0.6 is 11.3 Å². The Hall–Kier alpha value is -1.95. The van der Waals surface area contributed by atoms with Crippen LogP contribution in [0.25, 0.3) is 10.2 Å². The lowest BCUT2D eigenvalue weighted by molar-refractivity contribution is 0.0592. The van der Waals surface area contributed by atoms with Gasteiger partial charge >= 0.3 is 0 Å². The predicted molar refractivity (Wildman–Crippen MR) is 115 cm³/mol. The van der Waals surface area contributed by atoms with Crippen molar-refractivity contribution in [2.45, 2.75) is 38.7 Å². The molecule has 3 aromatic rings. The topological polar surface area (TPSA) is 45.6 Å². The van der Waals surface area contributed by atoms with Crippen molar-refractivity contribution >= 4 is 21.6 Å². The van der Waals surface area contributed by atoms with E-state index in [1.54, 1.807) is 0 Å². The zero-order chi connectivity index (χ0) is 19.5. The second kappa shape index (κ2) is 8.60. The Kier molecular flexibility index (Phi) is 5.95. The summed E-state index contributed by atoms with van der Waals surface area (Å²) in [7, 11) is 0. The number of thiazole rings is 1.